The molecule has 11 heteroatoms. The first-order valence-electron chi connectivity index (χ1n) is 8.69. The second kappa shape index (κ2) is 14.7. The maximum absolute atomic E-state index is 12.1. The number of carboxylic acid groups (broad SMARTS) is 1. The molecule has 5 N–H and O–H groups in total. The van der Waals surface area contributed by atoms with Gasteiger partial charge in [-0.1, -0.05) is 42.1 Å². The molecular formula is C18H26ClN3O6S. The number of ether oxygens (including phenoxy) is 1. The lowest BCUT2D eigenvalue weighted by molar-refractivity contribution is -0.141. The van der Waals surface area contributed by atoms with E-state index in [1.54, 1.807) is 12.1 Å². The van der Waals surface area contributed by atoms with E-state index in [1.165, 1.54) is 6.92 Å². The Morgan fingerprint density at radius 2 is 1.83 bits per heavy atom. The number of hydrogen-bond donors (Lipinski definition) is 4. The van der Waals surface area contributed by atoms with Gasteiger partial charge in [0.2, 0.25) is 11.0 Å². The summed E-state index contributed by atoms with van der Waals surface area (Å²) in [6, 6.07) is 6.97. The van der Waals surface area contributed by atoms with Crippen LogP contribution in [0.5, 0.6) is 0 Å². The fourth-order valence-corrected chi connectivity index (χ4v) is 2.86. The van der Waals surface area contributed by atoms with Crippen LogP contribution >= 0.6 is 24.2 Å². The Kier molecular flexibility index (Phi) is 13.5. The van der Waals surface area contributed by atoms with Crippen LogP contribution in [0.3, 0.4) is 0 Å². The van der Waals surface area contributed by atoms with Crippen LogP contribution in [0.1, 0.15) is 25.3 Å². The molecule has 0 saturated heterocycles. The van der Waals surface area contributed by atoms with Crippen LogP contribution in [0.2, 0.25) is 0 Å². The van der Waals surface area contributed by atoms with Crippen molar-refractivity contribution < 1.29 is 29.0 Å². The Morgan fingerprint density at radius 1 is 1.17 bits per heavy atom. The first kappa shape index (κ1) is 26.7. The minimum absolute atomic E-state index is 0. The zero-order chi connectivity index (χ0) is 20.9. The van der Waals surface area contributed by atoms with Gasteiger partial charge in [-0.25, -0.2) is 9.59 Å². The highest BCUT2D eigenvalue weighted by Crippen LogP contribution is 2.09. The van der Waals surface area contributed by atoms with Gasteiger partial charge in [0.1, 0.15) is 12.6 Å². The highest BCUT2D eigenvalue weighted by atomic mass is 35.5. The van der Waals surface area contributed by atoms with E-state index in [4.69, 9.17) is 15.6 Å². The standard InChI is InChI=1S/C18H25N3O6S.ClH/c1-12(20-18(26)27-10-13-6-3-2-4-7-13)17(25)28-11-14(16(23)24)21-15(22)8-5-9-19;/h2-4,6-7,12,14H,5,8-11,19H2,1H3,(H,20,26)(H,21,22)(H,23,24);1H/t12-,14-;/m0./s1. The Labute approximate surface area is 179 Å². The van der Waals surface area contributed by atoms with Crippen molar-refractivity contribution in [2.75, 3.05) is 12.3 Å². The second-order valence-corrected chi connectivity index (χ2v) is 6.93. The molecule has 162 valence electrons. The molecule has 0 aliphatic carbocycles. The van der Waals surface area contributed by atoms with E-state index in [1.807, 2.05) is 18.2 Å². The van der Waals surface area contributed by atoms with Crippen molar-refractivity contribution in [1.82, 2.24) is 10.6 Å². The second-order valence-electron chi connectivity index (χ2n) is 5.91. The molecule has 9 nitrogen and oxygen atoms in total. The zero-order valence-electron chi connectivity index (χ0n) is 16.0. The van der Waals surface area contributed by atoms with Gasteiger partial charge in [-0.3, -0.25) is 9.59 Å². The molecule has 1 aromatic rings. The summed E-state index contributed by atoms with van der Waals surface area (Å²) in [5.74, 6) is -1.85. The fraction of sp³-hybridized carbons (Fsp3) is 0.444. The van der Waals surface area contributed by atoms with Gasteiger partial charge in [0, 0.05) is 12.2 Å². The maximum atomic E-state index is 12.1. The lowest BCUT2D eigenvalue weighted by Crippen LogP contribution is -2.44. The average molecular weight is 448 g/mol. The van der Waals surface area contributed by atoms with Gasteiger partial charge in [-0.05, 0) is 25.5 Å². The third kappa shape index (κ3) is 11.3. The minimum atomic E-state index is -1.25. The van der Waals surface area contributed by atoms with E-state index < -0.39 is 35.2 Å². The first-order chi connectivity index (χ1) is 13.3. The topological polar surface area (TPSA) is 148 Å². The third-order valence-electron chi connectivity index (χ3n) is 3.53. The first-order valence-corrected chi connectivity index (χ1v) is 9.68. The number of carbonyl (C=O) groups excluding carboxylic acids is 3. The van der Waals surface area contributed by atoms with Gasteiger partial charge in [0.15, 0.2) is 0 Å². The zero-order valence-corrected chi connectivity index (χ0v) is 17.6. The van der Waals surface area contributed by atoms with Crippen molar-refractivity contribution >= 4 is 47.3 Å². The van der Waals surface area contributed by atoms with Crippen molar-refractivity contribution in [3.63, 3.8) is 0 Å². The number of hydrogen-bond acceptors (Lipinski definition) is 7. The number of nitrogens with two attached hydrogens (primary N) is 1. The van der Waals surface area contributed by atoms with Crippen molar-refractivity contribution in [2.45, 2.75) is 38.5 Å². The van der Waals surface area contributed by atoms with Crippen LogP contribution in [-0.4, -0.2) is 52.6 Å². The predicted molar refractivity (Wildman–Crippen MR) is 112 cm³/mol. The molecule has 2 atom stereocenters. The molecule has 29 heavy (non-hydrogen) atoms. The number of nitrogens with one attached hydrogen (secondary N) is 2. The van der Waals surface area contributed by atoms with Gasteiger partial charge in [0.05, 0.1) is 6.04 Å². The number of carbonyl (C=O) groups is 4. The SMILES string of the molecule is C[C@H](NC(=O)OCc1ccccc1)C(=O)SC[C@H](NC(=O)CCCN)C(=O)O.Cl. The average Bonchev–Trinajstić information content (AvgIpc) is 2.68. The monoisotopic (exact) mass is 447 g/mol. The molecule has 0 bridgehead atoms. The number of carboxylic acids is 1. The largest absolute Gasteiger partial charge is 0.480 e. The van der Waals surface area contributed by atoms with Crippen LogP contribution in [-0.2, 0) is 25.7 Å². The lowest BCUT2D eigenvalue weighted by Gasteiger charge is -2.16. The highest BCUT2D eigenvalue weighted by Gasteiger charge is 2.24. The number of benzene rings is 1. The van der Waals surface area contributed by atoms with Crippen LogP contribution in [0.15, 0.2) is 30.3 Å². The highest BCUT2D eigenvalue weighted by molar-refractivity contribution is 8.13. The normalized spacial score (nSPS) is 12.1. The molecule has 0 heterocycles. The van der Waals surface area contributed by atoms with Crippen LogP contribution in [0, 0.1) is 0 Å². The molecule has 0 unspecified atom stereocenters. The summed E-state index contributed by atoms with van der Waals surface area (Å²) in [6.45, 7) is 1.85. The molecule has 0 aromatic heterocycles. The van der Waals surface area contributed by atoms with Crippen LogP contribution < -0.4 is 16.4 Å². The molecule has 0 aliphatic rings. The Bertz CT molecular complexity index is 677. The minimum Gasteiger partial charge on any atom is -0.480 e. The number of thioether (sulfide) groups is 1. The van der Waals surface area contributed by atoms with E-state index in [2.05, 4.69) is 10.6 Å². The molecule has 0 radical (unpaired) electrons. The molecule has 0 spiro atoms. The van der Waals surface area contributed by atoms with Gasteiger partial charge >= 0.3 is 12.1 Å². The quantitative estimate of drug-likeness (QED) is 0.396. The lowest BCUT2D eigenvalue weighted by atomic mass is 10.2. The van der Waals surface area contributed by atoms with E-state index in [-0.39, 0.29) is 31.2 Å². The predicted octanol–water partition coefficient (Wildman–Crippen LogP) is 1.29. The van der Waals surface area contributed by atoms with Gasteiger partial charge < -0.3 is 26.2 Å². The van der Waals surface area contributed by atoms with E-state index >= 15 is 0 Å². The Morgan fingerprint density at radius 3 is 2.41 bits per heavy atom. The summed E-state index contributed by atoms with van der Waals surface area (Å²) in [4.78, 5) is 46.7. The van der Waals surface area contributed by atoms with Gasteiger partial charge in [-0.15, -0.1) is 12.4 Å². The van der Waals surface area contributed by atoms with E-state index in [9.17, 15) is 19.2 Å². The molecule has 1 aromatic carbocycles. The molecule has 1 rings (SSSR count). The summed E-state index contributed by atoms with van der Waals surface area (Å²) < 4.78 is 5.03. The smallest absolute Gasteiger partial charge is 0.408 e. The number of aliphatic carboxylic acids is 1. The van der Waals surface area contributed by atoms with E-state index in [0.29, 0.717) is 24.7 Å². The number of amides is 2. The Balaban J connectivity index is 0.00000784. The number of halogens is 1. The van der Waals surface area contributed by atoms with Crippen molar-refractivity contribution in [3.8, 4) is 0 Å². The van der Waals surface area contributed by atoms with Crippen LogP contribution in [0.25, 0.3) is 0 Å². The van der Waals surface area contributed by atoms with Gasteiger partial charge in [0.25, 0.3) is 0 Å². The summed E-state index contributed by atoms with van der Waals surface area (Å²) in [5, 5.41) is 13.5. The molecular weight excluding hydrogens is 422 g/mol. The molecule has 0 aliphatic heterocycles. The number of rotatable bonds is 11. The van der Waals surface area contributed by atoms with E-state index in [0.717, 1.165) is 5.56 Å². The van der Waals surface area contributed by atoms with Gasteiger partial charge in [-0.2, -0.15) is 0 Å². The summed E-state index contributed by atoms with van der Waals surface area (Å²) in [5.41, 5.74) is 6.11. The molecule has 2 amide bonds. The third-order valence-corrected chi connectivity index (χ3v) is 4.67. The van der Waals surface area contributed by atoms with Crippen molar-refractivity contribution in [2.24, 2.45) is 5.73 Å². The number of alkyl carbamates (subject to hydrolysis) is 1. The van der Waals surface area contributed by atoms with Crippen LogP contribution in [0.4, 0.5) is 4.79 Å². The molecule has 0 saturated carbocycles. The maximum Gasteiger partial charge on any atom is 0.408 e. The summed E-state index contributed by atoms with van der Waals surface area (Å²) in [7, 11) is 0. The van der Waals surface area contributed by atoms with Crippen molar-refractivity contribution in [1.29, 1.82) is 0 Å². The fourth-order valence-electron chi connectivity index (χ4n) is 1.99. The Hall–Kier alpha value is -2.30. The summed E-state index contributed by atoms with van der Waals surface area (Å²) in [6.07, 6.45) is -0.199. The molecule has 0 fully saturated rings. The van der Waals surface area contributed by atoms with Crippen molar-refractivity contribution in [3.05, 3.63) is 35.9 Å². The summed E-state index contributed by atoms with van der Waals surface area (Å²) >= 11 is 0.714.